The molecule has 25 heavy (non-hydrogen) atoms. The lowest BCUT2D eigenvalue weighted by atomic mass is 10.3. The summed E-state index contributed by atoms with van der Waals surface area (Å²) in [5.41, 5.74) is 2.18. The average Bonchev–Trinajstić information content (AvgIpc) is 3.29. The molecule has 0 radical (unpaired) electrons. The third-order valence-electron chi connectivity index (χ3n) is 3.81. The predicted octanol–water partition coefficient (Wildman–Crippen LogP) is 2.44. The van der Waals surface area contributed by atoms with Crippen molar-refractivity contribution in [2.24, 2.45) is 0 Å². The normalized spacial score (nSPS) is 16.7. The van der Waals surface area contributed by atoms with Crippen molar-refractivity contribution in [1.29, 1.82) is 0 Å². The second kappa shape index (κ2) is 7.81. The lowest BCUT2D eigenvalue weighted by Gasteiger charge is -2.16. The van der Waals surface area contributed by atoms with E-state index in [9.17, 15) is 13.2 Å². The van der Waals surface area contributed by atoms with Gasteiger partial charge in [0.15, 0.2) is 4.34 Å². The Labute approximate surface area is 154 Å². The zero-order valence-corrected chi connectivity index (χ0v) is 16.0. The van der Waals surface area contributed by atoms with Crippen molar-refractivity contribution in [2.75, 3.05) is 18.4 Å². The minimum atomic E-state index is -3.43. The van der Waals surface area contributed by atoms with E-state index in [1.165, 1.54) is 39.5 Å². The van der Waals surface area contributed by atoms with Gasteiger partial charge in [0.1, 0.15) is 5.51 Å². The maximum absolute atomic E-state index is 12.5. The first-order chi connectivity index (χ1) is 12.0. The molecule has 10 heteroatoms. The van der Waals surface area contributed by atoms with Crippen molar-refractivity contribution in [3.63, 3.8) is 0 Å². The third kappa shape index (κ3) is 4.38. The van der Waals surface area contributed by atoms with E-state index in [2.05, 4.69) is 15.5 Å². The summed E-state index contributed by atoms with van der Waals surface area (Å²) in [5.74, 6) is -0.171. The van der Waals surface area contributed by atoms with E-state index in [-0.39, 0.29) is 16.1 Å². The van der Waals surface area contributed by atoms with Crippen LogP contribution in [0.4, 0.5) is 5.69 Å². The van der Waals surface area contributed by atoms with Gasteiger partial charge in [-0.05, 0) is 44.0 Å². The van der Waals surface area contributed by atoms with Crippen LogP contribution in [0.3, 0.4) is 0 Å². The number of hydrogen-bond acceptors (Lipinski definition) is 7. The van der Waals surface area contributed by atoms with Crippen LogP contribution < -0.4 is 5.32 Å². The lowest BCUT2D eigenvalue weighted by molar-refractivity contribution is -0.115. The van der Waals surface area contributed by atoms with Crippen LogP contribution in [0.5, 0.6) is 0 Å². The Hall–Kier alpha value is -1.49. The van der Waals surface area contributed by atoms with E-state index in [1.807, 2.05) is 0 Å². The van der Waals surface area contributed by atoms with Crippen LogP contribution >= 0.6 is 23.1 Å². The van der Waals surface area contributed by atoms with Crippen LogP contribution in [0.1, 0.15) is 19.8 Å². The number of sulfonamides is 1. The molecule has 0 saturated carbocycles. The number of nitrogens with one attached hydrogen (secondary N) is 1. The molecule has 1 saturated heterocycles. The van der Waals surface area contributed by atoms with Crippen molar-refractivity contribution in [1.82, 2.24) is 14.5 Å². The molecule has 2 heterocycles. The summed E-state index contributed by atoms with van der Waals surface area (Å²) < 4.78 is 27.2. The Morgan fingerprint density at radius 1 is 1.28 bits per heavy atom. The highest BCUT2D eigenvalue weighted by molar-refractivity contribution is 8.02. The Balaban J connectivity index is 1.63. The van der Waals surface area contributed by atoms with Gasteiger partial charge in [-0.25, -0.2) is 8.42 Å². The van der Waals surface area contributed by atoms with Crippen molar-refractivity contribution in [3.05, 3.63) is 29.8 Å². The van der Waals surface area contributed by atoms with Crippen LogP contribution in [0, 0.1) is 0 Å². The highest BCUT2D eigenvalue weighted by Gasteiger charge is 2.27. The van der Waals surface area contributed by atoms with Crippen molar-refractivity contribution < 1.29 is 13.2 Å². The topological polar surface area (TPSA) is 92.3 Å². The number of hydrogen-bond donors (Lipinski definition) is 1. The zero-order valence-electron chi connectivity index (χ0n) is 13.6. The number of thioether (sulfide) groups is 1. The Morgan fingerprint density at radius 2 is 1.96 bits per heavy atom. The van der Waals surface area contributed by atoms with E-state index in [0.717, 1.165) is 17.2 Å². The SMILES string of the molecule is C[C@@H](Sc1nncs1)C(=O)Nc1ccc(S(=O)(=O)N2CCCC2)cc1. The highest BCUT2D eigenvalue weighted by atomic mass is 32.2. The van der Waals surface area contributed by atoms with Crippen molar-refractivity contribution in [3.8, 4) is 0 Å². The first-order valence-electron chi connectivity index (χ1n) is 7.81. The molecule has 1 aliphatic rings. The van der Waals surface area contributed by atoms with E-state index >= 15 is 0 Å². The first kappa shape index (κ1) is 18.3. The van der Waals surface area contributed by atoms with E-state index in [1.54, 1.807) is 24.6 Å². The second-order valence-corrected chi connectivity index (χ2v) is 9.95. The summed E-state index contributed by atoms with van der Waals surface area (Å²) in [7, 11) is -3.43. The van der Waals surface area contributed by atoms with Gasteiger partial charge in [-0.15, -0.1) is 10.2 Å². The van der Waals surface area contributed by atoms with Gasteiger partial charge < -0.3 is 5.32 Å². The fourth-order valence-electron chi connectivity index (χ4n) is 2.45. The summed E-state index contributed by atoms with van der Waals surface area (Å²) in [5, 5.41) is 10.1. The fraction of sp³-hybridized carbons (Fsp3) is 0.400. The fourth-order valence-corrected chi connectivity index (χ4v) is 5.59. The summed E-state index contributed by atoms with van der Waals surface area (Å²) >= 11 is 2.71. The largest absolute Gasteiger partial charge is 0.325 e. The van der Waals surface area contributed by atoms with Gasteiger partial charge in [-0.2, -0.15) is 4.31 Å². The molecule has 7 nitrogen and oxygen atoms in total. The van der Waals surface area contributed by atoms with E-state index in [0.29, 0.717) is 18.8 Å². The average molecular weight is 399 g/mol. The van der Waals surface area contributed by atoms with Gasteiger partial charge in [0.25, 0.3) is 0 Å². The Kier molecular flexibility index (Phi) is 5.72. The van der Waals surface area contributed by atoms with Gasteiger partial charge >= 0.3 is 0 Å². The first-order valence-corrected chi connectivity index (χ1v) is 11.0. The molecule has 134 valence electrons. The van der Waals surface area contributed by atoms with Gasteiger partial charge in [-0.1, -0.05) is 23.1 Å². The van der Waals surface area contributed by atoms with Crippen LogP contribution in [-0.4, -0.2) is 47.2 Å². The standard InChI is InChI=1S/C15H18N4O3S3/c1-11(24-15-18-16-10-23-15)14(20)17-12-4-6-13(7-5-12)25(21,22)19-8-2-3-9-19/h4-7,10-11H,2-3,8-9H2,1H3,(H,17,20)/t11-/m1/s1. The summed E-state index contributed by atoms with van der Waals surface area (Å²) in [4.78, 5) is 12.5. The number of rotatable bonds is 6. The molecule has 1 fully saturated rings. The molecule has 0 aliphatic carbocycles. The number of carbonyl (C=O) groups is 1. The van der Waals surface area contributed by atoms with Crippen molar-refractivity contribution in [2.45, 2.75) is 34.3 Å². The molecule has 1 aliphatic heterocycles. The minimum absolute atomic E-state index is 0.171. The monoisotopic (exact) mass is 398 g/mol. The van der Waals surface area contributed by atoms with Crippen LogP contribution in [0.15, 0.2) is 39.0 Å². The Bertz CT molecular complexity index is 816. The van der Waals surface area contributed by atoms with Crippen LogP contribution in [0.2, 0.25) is 0 Å². The van der Waals surface area contributed by atoms with Gasteiger partial charge in [-0.3, -0.25) is 4.79 Å². The second-order valence-electron chi connectivity index (χ2n) is 5.59. The number of benzene rings is 1. The third-order valence-corrected chi connectivity index (χ3v) is 7.64. The smallest absolute Gasteiger partial charge is 0.243 e. The quantitative estimate of drug-likeness (QED) is 0.752. The maximum Gasteiger partial charge on any atom is 0.243 e. The molecular formula is C15H18N4O3S3. The van der Waals surface area contributed by atoms with Gasteiger partial charge in [0, 0.05) is 18.8 Å². The maximum atomic E-state index is 12.5. The zero-order chi connectivity index (χ0) is 17.9. The predicted molar refractivity (Wildman–Crippen MR) is 98.3 cm³/mol. The molecule has 1 amide bonds. The molecule has 0 bridgehead atoms. The number of carbonyl (C=O) groups excluding carboxylic acids is 1. The minimum Gasteiger partial charge on any atom is -0.325 e. The van der Waals surface area contributed by atoms with Crippen LogP contribution in [0.25, 0.3) is 0 Å². The number of amides is 1. The van der Waals surface area contributed by atoms with Gasteiger partial charge in [0.2, 0.25) is 15.9 Å². The molecule has 0 unspecified atom stereocenters. The lowest BCUT2D eigenvalue weighted by Crippen LogP contribution is -2.27. The molecule has 0 spiro atoms. The summed E-state index contributed by atoms with van der Waals surface area (Å²) in [6, 6.07) is 6.30. The molecule has 1 aromatic heterocycles. The molecule has 3 rings (SSSR count). The summed E-state index contributed by atoms with van der Waals surface area (Å²) in [6.45, 7) is 2.93. The molecule has 1 N–H and O–H groups in total. The van der Waals surface area contributed by atoms with Gasteiger partial charge in [0.05, 0.1) is 10.1 Å². The summed E-state index contributed by atoms with van der Waals surface area (Å²) in [6.07, 6.45) is 1.80. The molecule has 2 aromatic rings. The van der Waals surface area contributed by atoms with E-state index in [4.69, 9.17) is 0 Å². The van der Waals surface area contributed by atoms with Crippen LogP contribution in [-0.2, 0) is 14.8 Å². The van der Waals surface area contributed by atoms with E-state index < -0.39 is 10.0 Å². The number of anilines is 1. The number of aromatic nitrogens is 2. The Morgan fingerprint density at radius 3 is 2.56 bits per heavy atom. The number of nitrogens with zero attached hydrogens (tertiary/aromatic N) is 3. The van der Waals surface area contributed by atoms with Crippen molar-refractivity contribution >= 4 is 44.7 Å². The highest BCUT2D eigenvalue weighted by Crippen LogP contribution is 2.26. The molecular weight excluding hydrogens is 380 g/mol. The molecule has 1 atom stereocenters. The molecule has 1 aromatic carbocycles.